The second kappa shape index (κ2) is 17.3. The number of aliphatic imine (C=N–C) groups is 1. The predicted molar refractivity (Wildman–Crippen MR) is 224 cm³/mol. The molecule has 0 radical (unpaired) electrons. The fourth-order valence-electron chi connectivity index (χ4n) is 7.49. The molecule has 16 heteroatoms. The number of aromatic nitrogens is 5. The topological polar surface area (TPSA) is 212 Å². The van der Waals surface area contributed by atoms with Crippen molar-refractivity contribution in [1.82, 2.24) is 39.8 Å². The lowest BCUT2D eigenvalue weighted by atomic mass is 9.96. The molecule has 2 aliphatic heterocycles. The van der Waals surface area contributed by atoms with Gasteiger partial charge in [-0.3, -0.25) is 38.7 Å². The largest absolute Gasteiger partial charge is 0.399 e. The van der Waals surface area contributed by atoms with Crippen molar-refractivity contribution in [2.24, 2.45) is 16.6 Å². The van der Waals surface area contributed by atoms with Gasteiger partial charge in [0.25, 0.3) is 5.91 Å². The van der Waals surface area contributed by atoms with Gasteiger partial charge >= 0.3 is 0 Å². The number of nitrogens with one attached hydrogen (secondary N) is 2. The van der Waals surface area contributed by atoms with Gasteiger partial charge in [0.1, 0.15) is 17.9 Å². The van der Waals surface area contributed by atoms with Crippen LogP contribution in [0, 0.1) is 13.8 Å². The van der Waals surface area contributed by atoms with Gasteiger partial charge in [-0.15, -0.1) is 10.2 Å². The number of aryl methyl sites for hydroxylation is 3. The lowest BCUT2D eigenvalue weighted by Crippen LogP contribution is -2.53. The first-order valence-corrected chi connectivity index (χ1v) is 19.6. The molecule has 4 heterocycles. The number of aldehydes is 1. The normalized spacial score (nSPS) is 16.4. The maximum absolute atomic E-state index is 13.6. The number of imide groups is 1. The number of carbonyl (C=O) groups is 4. The number of benzene rings is 3. The molecule has 3 aromatic carbocycles. The first-order valence-electron chi connectivity index (χ1n) is 19.6. The van der Waals surface area contributed by atoms with Crippen LogP contribution < -0.4 is 22.2 Å². The number of hydrogen-bond acceptors (Lipinski definition) is 12. The van der Waals surface area contributed by atoms with Crippen LogP contribution in [0.2, 0.25) is 0 Å². The van der Waals surface area contributed by atoms with E-state index in [1.54, 1.807) is 18.3 Å². The van der Waals surface area contributed by atoms with Crippen LogP contribution in [0.1, 0.15) is 87.7 Å². The minimum absolute atomic E-state index is 0.0984. The quantitative estimate of drug-likeness (QED) is 0.0541. The molecule has 0 spiro atoms. The highest BCUT2D eigenvalue weighted by molar-refractivity contribution is 6.16. The van der Waals surface area contributed by atoms with E-state index in [2.05, 4.69) is 86.8 Å². The smallest absolute Gasteiger partial charge is 0.257 e. The summed E-state index contributed by atoms with van der Waals surface area (Å²) >= 11 is 0. The van der Waals surface area contributed by atoms with Crippen LogP contribution in [-0.4, -0.2) is 90.4 Å². The molecule has 59 heavy (non-hydrogen) atoms. The summed E-state index contributed by atoms with van der Waals surface area (Å²) in [4.78, 5) is 56.1. The number of fused-ring (bicyclic) bond motifs is 3. The lowest BCUT2D eigenvalue weighted by molar-refractivity contribution is -0.136. The molecule has 0 saturated carbocycles. The van der Waals surface area contributed by atoms with Gasteiger partial charge in [0.15, 0.2) is 12.1 Å². The molecule has 0 bridgehead atoms. The van der Waals surface area contributed by atoms with E-state index in [-0.39, 0.29) is 42.5 Å². The summed E-state index contributed by atoms with van der Waals surface area (Å²) in [5.74, 6) is 6.47. The molecule has 7 rings (SSSR count). The molecule has 304 valence electrons. The zero-order valence-corrected chi connectivity index (χ0v) is 33.6. The molecule has 0 aliphatic carbocycles. The summed E-state index contributed by atoms with van der Waals surface area (Å²) in [6.45, 7) is 7.36. The number of hydrazine groups is 1. The molecule has 3 amide bonds. The molecular weight excluding hydrogens is 749 g/mol. The number of piperidine rings is 1. The molecule has 1 saturated heterocycles. The third-order valence-electron chi connectivity index (χ3n) is 10.7. The third-order valence-corrected chi connectivity index (χ3v) is 10.7. The fourth-order valence-corrected chi connectivity index (χ4v) is 7.49. The van der Waals surface area contributed by atoms with Crippen LogP contribution in [-0.2, 0) is 16.1 Å². The number of likely N-dealkylation sites (N-methyl/N-ethyl adjacent to an activating group) is 1. The lowest BCUT2D eigenvalue weighted by Gasteiger charge is -2.30. The Labute approximate surface area is 342 Å². The summed E-state index contributed by atoms with van der Waals surface area (Å²) in [7, 11) is 1.47. The van der Waals surface area contributed by atoms with Gasteiger partial charge in [-0.1, -0.05) is 55.0 Å². The van der Waals surface area contributed by atoms with E-state index in [4.69, 9.17) is 16.6 Å². The fraction of sp³-hybridized carbons (Fsp3) is 0.302. The van der Waals surface area contributed by atoms with E-state index in [0.717, 1.165) is 51.7 Å². The van der Waals surface area contributed by atoms with E-state index in [1.807, 2.05) is 24.0 Å². The van der Waals surface area contributed by atoms with E-state index >= 15 is 0 Å². The SMILES string of the molecule is CCC1N=C(c2ccc(C)cc2)c2cc(-c3cnn(CCCN(N)/C=C(\N)CNc4cccc(C=O)c4C(=O)N(C)C4CCC(=O)NC4=O)c3)ccc2-n2c(C)nnc21. The van der Waals surface area contributed by atoms with Crippen molar-refractivity contribution >= 4 is 35.4 Å². The van der Waals surface area contributed by atoms with Gasteiger partial charge < -0.3 is 21.0 Å². The van der Waals surface area contributed by atoms with Gasteiger partial charge in [-0.05, 0) is 56.9 Å². The van der Waals surface area contributed by atoms with E-state index in [0.29, 0.717) is 37.2 Å². The molecule has 1 fully saturated rings. The van der Waals surface area contributed by atoms with Crippen LogP contribution in [0.5, 0.6) is 0 Å². The van der Waals surface area contributed by atoms with Crippen molar-refractivity contribution in [2.45, 2.75) is 65.1 Å². The molecule has 2 atom stereocenters. The summed E-state index contributed by atoms with van der Waals surface area (Å²) in [6.07, 6.45) is 7.83. The summed E-state index contributed by atoms with van der Waals surface area (Å²) in [6, 6.07) is 18.7. The minimum Gasteiger partial charge on any atom is -0.399 e. The molecule has 6 N–H and O–H groups in total. The Balaban J connectivity index is 0.999. The van der Waals surface area contributed by atoms with Crippen molar-refractivity contribution in [3.05, 3.63) is 124 Å². The molecule has 2 aromatic heterocycles. The van der Waals surface area contributed by atoms with Gasteiger partial charge in [-0.25, -0.2) is 5.84 Å². The van der Waals surface area contributed by atoms with Crippen molar-refractivity contribution in [2.75, 3.05) is 25.5 Å². The second-order valence-electron chi connectivity index (χ2n) is 14.9. The number of amides is 3. The average molecular weight is 797 g/mol. The first kappa shape index (κ1) is 40.3. The Bertz CT molecular complexity index is 2470. The van der Waals surface area contributed by atoms with E-state index < -0.39 is 17.9 Å². The van der Waals surface area contributed by atoms with Crippen molar-refractivity contribution in [3.8, 4) is 16.8 Å². The van der Waals surface area contributed by atoms with Crippen LogP contribution in [0.3, 0.4) is 0 Å². The average Bonchev–Trinajstić information content (AvgIpc) is 3.83. The zero-order valence-electron chi connectivity index (χ0n) is 33.6. The number of carbonyl (C=O) groups excluding carboxylic acids is 4. The summed E-state index contributed by atoms with van der Waals surface area (Å²) < 4.78 is 4.00. The van der Waals surface area contributed by atoms with Gasteiger partial charge in [0.2, 0.25) is 11.8 Å². The Morgan fingerprint density at radius 2 is 1.83 bits per heavy atom. The maximum atomic E-state index is 13.6. The molecule has 5 aromatic rings. The van der Waals surface area contributed by atoms with E-state index in [9.17, 15) is 19.2 Å². The van der Waals surface area contributed by atoms with Gasteiger partial charge in [-0.2, -0.15) is 5.10 Å². The first-order chi connectivity index (χ1) is 28.4. The highest BCUT2D eigenvalue weighted by Gasteiger charge is 2.34. The van der Waals surface area contributed by atoms with Crippen molar-refractivity contribution in [3.63, 3.8) is 0 Å². The van der Waals surface area contributed by atoms with Crippen LogP contribution in [0.4, 0.5) is 5.69 Å². The van der Waals surface area contributed by atoms with Crippen LogP contribution in [0.25, 0.3) is 16.8 Å². The highest BCUT2D eigenvalue weighted by atomic mass is 16.2. The minimum atomic E-state index is -0.846. The number of hydrogen-bond donors (Lipinski definition) is 4. The van der Waals surface area contributed by atoms with Crippen LogP contribution >= 0.6 is 0 Å². The molecule has 2 aliphatic rings. The molecule has 16 nitrogen and oxygen atoms in total. The Morgan fingerprint density at radius 3 is 2.58 bits per heavy atom. The third kappa shape index (κ3) is 8.53. The summed E-state index contributed by atoms with van der Waals surface area (Å²) in [5, 5.41) is 20.5. The predicted octanol–water partition coefficient (Wildman–Crippen LogP) is 4.22. The molecular formula is C43H48N12O4. The number of anilines is 1. The Morgan fingerprint density at radius 1 is 1.05 bits per heavy atom. The van der Waals surface area contributed by atoms with Gasteiger partial charge in [0, 0.05) is 72.6 Å². The highest BCUT2D eigenvalue weighted by Crippen LogP contribution is 2.35. The Kier molecular flexibility index (Phi) is 11.8. The van der Waals surface area contributed by atoms with Gasteiger partial charge in [0.05, 0.1) is 29.7 Å². The monoisotopic (exact) mass is 796 g/mol. The molecule has 2 unspecified atom stereocenters. The van der Waals surface area contributed by atoms with E-state index in [1.165, 1.54) is 28.6 Å². The van der Waals surface area contributed by atoms with Crippen molar-refractivity contribution in [1.29, 1.82) is 0 Å². The number of nitrogens with zero attached hydrogens (tertiary/aromatic N) is 8. The second-order valence-corrected chi connectivity index (χ2v) is 14.9. The number of nitrogens with two attached hydrogens (primary N) is 2. The van der Waals surface area contributed by atoms with Crippen molar-refractivity contribution < 1.29 is 19.2 Å². The number of rotatable bonds is 14. The summed E-state index contributed by atoms with van der Waals surface area (Å²) in [5.41, 5.74) is 14.4. The zero-order chi connectivity index (χ0) is 41.8. The Hall–Kier alpha value is -6.94. The maximum Gasteiger partial charge on any atom is 0.257 e. The standard InChI is InChI=1S/C43H48N12O4/c1-5-34-41-51-50-27(3)55(41)36-15-14-29(20-33(36)40(48-34)28-12-10-26(2)11-13-28)31-21-47-54(23-31)19-7-18-53(45)24-32(44)22-46-35-9-6-8-30(25-56)39(35)43(59)52(4)37-16-17-38(57)49-42(37)58/h6,8-15,20-21,23-25,34,37,46H,5,7,16-19,22,44-45H2,1-4H3,(H,49,57,58)/b32-24-. The van der Waals surface area contributed by atoms with Crippen LogP contribution in [0.15, 0.2) is 89.9 Å².